The van der Waals surface area contributed by atoms with Gasteiger partial charge in [-0.2, -0.15) is 4.98 Å². The van der Waals surface area contributed by atoms with Crippen LogP contribution in [0.25, 0.3) is 4.96 Å². The highest BCUT2D eigenvalue weighted by molar-refractivity contribution is 7.15. The lowest BCUT2D eigenvalue weighted by Crippen LogP contribution is -2.28. The molecule has 1 aliphatic rings. The molecule has 0 bridgehead atoms. The zero-order chi connectivity index (χ0) is 12.5. The third-order valence-corrected chi connectivity index (χ3v) is 4.09. The first kappa shape index (κ1) is 12.0. The van der Waals surface area contributed by atoms with Crippen LogP contribution in [0.4, 0.5) is 0 Å². The number of nitrogens with one attached hydrogen (secondary N) is 1. The number of rotatable bonds is 6. The number of aliphatic hydroxyl groups excluding tert-OH is 1. The van der Waals surface area contributed by atoms with Gasteiger partial charge in [-0.1, -0.05) is 0 Å². The van der Waals surface area contributed by atoms with Crippen molar-refractivity contribution in [2.45, 2.75) is 25.5 Å². The molecule has 0 aliphatic heterocycles. The van der Waals surface area contributed by atoms with Gasteiger partial charge in [0.25, 0.3) is 0 Å². The Labute approximate surface area is 109 Å². The van der Waals surface area contributed by atoms with E-state index in [1.165, 1.54) is 0 Å². The number of fused-ring (bicyclic) bond motifs is 1. The molecule has 2 aromatic rings. The number of aromatic nitrogens is 2. The molecule has 1 unspecified atom stereocenters. The second-order valence-electron chi connectivity index (χ2n) is 4.66. The Hall–Kier alpha value is -1.11. The smallest absolute Gasteiger partial charge is 0.237 e. The Bertz CT molecular complexity index is 532. The molecule has 2 heterocycles. The summed E-state index contributed by atoms with van der Waals surface area (Å²) in [5.41, 5.74) is 1.01. The fourth-order valence-electron chi connectivity index (χ4n) is 2.12. The molecule has 1 saturated carbocycles. The number of nitrogens with zero attached hydrogens (tertiary/aromatic N) is 2. The maximum Gasteiger partial charge on any atom is 0.237 e. The maximum atomic E-state index is 9.80. The largest absolute Gasteiger partial charge is 0.480 e. The summed E-state index contributed by atoms with van der Waals surface area (Å²) < 4.78 is 7.31. The molecule has 0 amide bonds. The predicted octanol–water partition coefficient (Wildman–Crippen LogP) is 1.26. The van der Waals surface area contributed by atoms with Crippen molar-refractivity contribution >= 4 is 16.3 Å². The molecule has 0 aromatic carbocycles. The third-order valence-electron chi connectivity index (χ3n) is 3.33. The van der Waals surface area contributed by atoms with E-state index in [1.807, 2.05) is 16.0 Å². The van der Waals surface area contributed by atoms with E-state index < -0.39 is 0 Å². The van der Waals surface area contributed by atoms with E-state index in [2.05, 4.69) is 10.3 Å². The lowest BCUT2D eigenvalue weighted by atomic mass is 10.2. The summed E-state index contributed by atoms with van der Waals surface area (Å²) >= 11 is 1.59. The van der Waals surface area contributed by atoms with Gasteiger partial charge in [-0.15, -0.1) is 11.3 Å². The van der Waals surface area contributed by atoms with Crippen LogP contribution in [-0.2, 0) is 6.54 Å². The minimum Gasteiger partial charge on any atom is -0.480 e. The van der Waals surface area contributed by atoms with Crippen molar-refractivity contribution in [2.24, 2.45) is 5.92 Å². The van der Waals surface area contributed by atoms with E-state index in [4.69, 9.17) is 4.74 Å². The van der Waals surface area contributed by atoms with Gasteiger partial charge in [-0.25, -0.2) is 0 Å². The van der Waals surface area contributed by atoms with E-state index in [1.54, 1.807) is 18.4 Å². The summed E-state index contributed by atoms with van der Waals surface area (Å²) in [5.74, 6) is 1.17. The van der Waals surface area contributed by atoms with E-state index >= 15 is 0 Å². The minimum atomic E-state index is -0.220. The maximum absolute atomic E-state index is 9.80. The van der Waals surface area contributed by atoms with Crippen molar-refractivity contribution in [2.75, 3.05) is 13.7 Å². The van der Waals surface area contributed by atoms with Crippen LogP contribution in [0.2, 0.25) is 0 Å². The molecular weight excluding hydrogens is 250 g/mol. The number of ether oxygens (including phenoxy) is 1. The molecule has 0 radical (unpaired) electrons. The van der Waals surface area contributed by atoms with Crippen LogP contribution >= 0.6 is 11.3 Å². The van der Waals surface area contributed by atoms with Crippen molar-refractivity contribution in [1.82, 2.24) is 14.7 Å². The van der Waals surface area contributed by atoms with Gasteiger partial charge in [0, 0.05) is 24.7 Å². The Balaban J connectivity index is 1.66. The first-order valence-electron chi connectivity index (χ1n) is 6.17. The molecule has 6 heteroatoms. The number of methoxy groups -OCH3 is 1. The second kappa shape index (κ2) is 4.87. The monoisotopic (exact) mass is 267 g/mol. The summed E-state index contributed by atoms with van der Waals surface area (Å²) in [6.07, 6.45) is 4.09. The number of thiazole rings is 1. The summed E-state index contributed by atoms with van der Waals surface area (Å²) in [6, 6.07) is 0. The minimum absolute atomic E-state index is 0.220. The Morgan fingerprint density at radius 2 is 2.50 bits per heavy atom. The predicted molar refractivity (Wildman–Crippen MR) is 70.1 cm³/mol. The topological polar surface area (TPSA) is 58.8 Å². The van der Waals surface area contributed by atoms with Gasteiger partial charge >= 0.3 is 0 Å². The van der Waals surface area contributed by atoms with Gasteiger partial charge < -0.3 is 15.2 Å². The summed E-state index contributed by atoms with van der Waals surface area (Å²) in [4.78, 5) is 5.33. The van der Waals surface area contributed by atoms with Crippen molar-refractivity contribution in [1.29, 1.82) is 0 Å². The van der Waals surface area contributed by atoms with Gasteiger partial charge in [0.1, 0.15) is 5.69 Å². The number of imidazole rings is 1. The standard InChI is InChI=1S/C12H17N3O2S/c1-17-11-9(15-4-5-18-12(15)14-11)6-13-7-10(16)8-2-3-8/h4-5,8,10,13,16H,2-3,6-7H2,1H3. The molecule has 5 nitrogen and oxygen atoms in total. The average Bonchev–Trinajstić information content (AvgIpc) is 3.03. The molecule has 0 spiro atoms. The van der Waals surface area contributed by atoms with Crippen molar-refractivity contribution in [3.8, 4) is 5.88 Å². The fraction of sp³-hybridized carbons (Fsp3) is 0.583. The van der Waals surface area contributed by atoms with Crippen molar-refractivity contribution in [3.05, 3.63) is 17.3 Å². The van der Waals surface area contributed by atoms with Gasteiger partial charge in [-0.3, -0.25) is 4.40 Å². The van der Waals surface area contributed by atoms with Crippen LogP contribution in [0.3, 0.4) is 0 Å². The molecule has 3 rings (SSSR count). The molecule has 2 N–H and O–H groups in total. The zero-order valence-corrected chi connectivity index (χ0v) is 11.1. The van der Waals surface area contributed by atoms with Gasteiger partial charge in [-0.05, 0) is 18.8 Å². The van der Waals surface area contributed by atoms with Crippen LogP contribution in [0.1, 0.15) is 18.5 Å². The highest BCUT2D eigenvalue weighted by atomic mass is 32.1. The SMILES string of the molecule is COc1nc2sccn2c1CNCC(O)C1CC1. The summed E-state index contributed by atoms with van der Waals surface area (Å²) in [6.45, 7) is 1.29. The second-order valence-corrected chi connectivity index (χ2v) is 5.53. The number of hydrogen-bond donors (Lipinski definition) is 2. The zero-order valence-electron chi connectivity index (χ0n) is 10.3. The Kier molecular flexibility index (Phi) is 3.23. The molecule has 1 atom stereocenters. The van der Waals surface area contributed by atoms with Crippen LogP contribution < -0.4 is 10.1 Å². The fourth-order valence-corrected chi connectivity index (χ4v) is 2.85. The summed E-state index contributed by atoms with van der Waals surface area (Å²) in [7, 11) is 1.63. The van der Waals surface area contributed by atoms with Gasteiger partial charge in [0.15, 0.2) is 4.96 Å². The normalized spacial score (nSPS) is 17.2. The molecule has 1 fully saturated rings. The molecule has 18 heavy (non-hydrogen) atoms. The summed E-state index contributed by atoms with van der Waals surface area (Å²) in [5, 5.41) is 15.1. The van der Waals surface area contributed by atoms with Crippen molar-refractivity contribution < 1.29 is 9.84 Å². The first-order valence-corrected chi connectivity index (χ1v) is 7.04. The number of aliphatic hydroxyl groups is 1. The first-order chi connectivity index (χ1) is 8.79. The Morgan fingerprint density at radius 1 is 1.67 bits per heavy atom. The highest BCUT2D eigenvalue weighted by Gasteiger charge is 2.29. The Morgan fingerprint density at radius 3 is 3.22 bits per heavy atom. The van der Waals surface area contributed by atoms with E-state index in [9.17, 15) is 5.11 Å². The van der Waals surface area contributed by atoms with Crippen molar-refractivity contribution in [3.63, 3.8) is 0 Å². The lowest BCUT2D eigenvalue weighted by molar-refractivity contribution is 0.148. The van der Waals surface area contributed by atoms with E-state index in [-0.39, 0.29) is 6.10 Å². The van der Waals surface area contributed by atoms with Gasteiger partial charge in [0.2, 0.25) is 5.88 Å². The lowest BCUT2D eigenvalue weighted by Gasteiger charge is -2.10. The number of hydrogen-bond acceptors (Lipinski definition) is 5. The molecule has 0 saturated heterocycles. The van der Waals surface area contributed by atoms with Crippen LogP contribution in [0.5, 0.6) is 5.88 Å². The van der Waals surface area contributed by atoms with E-state index in [0.717, 1.165) is 23.5 Å². The molecule has 98 valence electrons. The van der Waals surface area contributed by atoms with E-state index in [0.29, 0.717) is 24.9 Å². The molecular formula is C12H17N3O2S. The quantitative estimate of drug-likeness (QED) is 0.827. The third kappa shape index (κ3) is 2.23. The molecule has 1 aliphatic carbocycles. The average molecular weight is 267 g/mol. The van der Waals surface area contributed by atoms with Crippen LogP contribution in [-0.4, -0.2) is 34.2 Å². The molecule has 2 aromatic heterocycles. The van der Waals surface area contributed by atoms with Crippen LogP contribution in [0.15, 0.2) is 11.6 Å². The van der Waals surface area contributed by atoms with Crippen LogP contribution in [0, 0.1) is 5.92 Å². The highest BCUT2D eigenvalue weighted by Crippen LogP contribution is 2.32. The van der Waals surface area contributed by atoms with Gasteiger partial charge in [0.05, 0.1) is 13.2 Å².